The standard InChI is InChI=1S/C10H14O2.C9H12O2.C8H14O2.C7H14O2.C6H12O2.C6H8O2.C4H5FO2.C4H4O2/c1-10(9(11)12-2)6-7-3-4-8(10)5-7;1-11-9(10)8-5-6-2-3-7(8)4-6;1-9-5-6-2-3-7-8(4-6)10-7;1-3-7(4-8-2)5-9-6-7;1-6(3-7-2)4-8-5-6;1-4-3-5(2)8-6(4)7;1-3(5)4(6)7-2;1-3-4(5)6-2/h3-4,7-8H,5-6H2,1-2H3;2-3,6-8H,4-5H2,1H3;6-8H,2-5H2,1H3;3-6H2,1-2H3;3-5H2,1-2H3;5H,1,3H2,2H3;1H2,2H3;1H,2H3. The Hall–Kier alpha value is -4.44. The van der Waals surface area contributed by atoms with Gasteiger partial charge in [-0.15, -0.1) is 6.42 Å². The monoisotopic (exact) mass is 1010 g/mol. The van der Waals surface area contributed by atoms with Gasteiger partial charge in [-0.2, -0.15) is 4.39 Å². The largest absolute Gasteiger partial charge is 0.469 e. The minimum atomic E-state index is -1.07. The number of esters is 5. The number of carbonyl (C=O) groups excluding carboxylic acids is 5. The fourth-order valence-electron chi connectivity index (χ4n) is 9.52. The van der Waals surface area contributed by atoms with Crippen molar-refractivity contribution >= 4 is 29.8 Å². The van der Waals surface area contributed by atoms with Crippen LogP contribution >= 0.6 is 0 Å². The number of halogens is 1. The van der Waals surface area contributed by atoms with Crippen molar-refractivity contribution in [2.75, 3.05) is 96.0 Å². The maximum absolute atomic E-state index is 11.5. The van der Waals surface area contributed by atoms with E-state index in [-0.39, 0.29) is 35.3 Å². The van der Waals surface area contributed by atoms with Crippen molar-refractivity contribution in [3.8, 4) is 12.3 Å². The molecule has 16 nitrogen and oxygen atoms in total. The maximum Gasteiger partial charge on any atom is 0.383 e. The molecule has 0 amide bonds. The molecular formula is C54H83FO16. The molecule has 7 fully saturated rings. The summed E-state index contributed by atoms with van der Waals surface area (Å²) in [7, 11) is 10.5. The van der Waals surface area contributed by atoms with E-state index in [2.05, 4.69) is 67.2 Å². The Morgan fingerprint density at radius 2 is 1.45 bits per heavy atom. The van der Waals surface area contributed by atoms with Gasteiger partial charge in [0.1, 0.15) is 6.10 Å². The lowest BCUT2D eigenvalue weighted by Gasteiger charge is -2.39. The number of ether oxygens (including phenoxy) is 11. The molecule has 0 aromatic rings. The molecule has 71 heavy (non-hydrogen) atoms. The number of hydrogen-bond acceptors (Lipinski definition) is 16. The molecule has 9 aliphatic rings. The third-order valence-electron chi connectivity index (χ3n) is 13.9. The average molecular weight is 1010 g/mol. The molecular weight excluding hydrogens is 924 g/mol. The van der Waals surface area contributed by atoms with Crippen LogP contribution in [0.25, 0.3) is 0 Å². The van der Waals surface area contributed by atoms with Crippen molar-refractivity contribution in [1.82, 2.24) is 0 Å². The van der Waals surface area contributed by atoms with Crippen LogP contribution in [0.2, 0.25) is 0 Å². The predicted molar refractivity (Wildman–Crippen MR) is 263 cm³/mol. The zero-order chi connectivity index (χ0) is 53.4. The summed E-state index contributed by atoms with van der Waals surface area (Å²) >= 11 is 0. The van der Waals surface area contributed by atoms with E-state index in [1.807, 2.05) is 13.8 Å². The second kappa shape index (κ2) is 31.2. The van der Waals surface area contributed by atoms with Gasteiger partial charge in [0, 0.05) is 56.7 Å². The molecule has 0 N–H and O–H groups in total. The van der Waals surface area contributed by atoms with E-state index in [4.69, 9.17) is 42.6 Å². The Morgan fingerprint density at radius 3 is 1.73 bits per heavy atom. The Kier molecular flexibility index (Phi) is 27.6. The van der Waals surface area contributed by atoms with Crippen molar-refractivity contribution in [2.45, 2.75) is 104 Å². The lowest BCUT2D eigenvalue weighted by molar-refractivity contribution is -0.153. The van der Waals surface area contributed by atoms with E-state index in [9.17, 15) is 28.4 Å². The van der Waals surface area contributed by atoms with Gasteiger partial charge in [-0.3, -0.25) is 9.59 Å². The normalized spacial score (nSPS) is 30.0. The number of methoxy groups -OCH3 is 7. The first kappa shape index (κ1) is 62.7. The van der Waals surface area contributed by atoms with Crippen LogP contribution in [0.5, 0.6) is 0 Å². The molecule has 402 valence electrons. The van der Waals surface area contributed by atoms with Crippen LogP contribution in [0.1, 0.15) is 85.5 Å². The van der Waals surface area contributed by atoms with Crippen LogP contribution in [-0.4, -0.2) is 144 Å². The summed E-state index contributed by atoms with van der Waals surface area (Å²) < 4.78 is 64.2. The Balaban J connectivity index is 0.000000281. The summed E-state index contributed by atoms with van der Waals surface area (Å²) in [6.45, 7) is 20.5. The first-order valence-corrected chi connectivity index (χ1v) is 24.3. The van der Waals surface area contributed by atoms with Gasteiger partial charge in [-0.25, -0.2) is 14.4 Å². The second-order valence-corrected chi connectivity index (χ2v) is 19.9. The van der Waals surface area contributed by atoms with Gasteiger partial charge >= 0.3 is 29.8 Å². The number of rotatable bonds is 10. The fourth-order valence-corrected chi connectivity index (χ4v) is 9.52. The summed E-state index contributed by atoms with van der Waals surface area (Å²) in [5.74, 6) is 1.86. The Morgan fingerprint density at radius 1 is 0.803 bits per heavy atom. The number of cyclic esters (lactones) is 1. The molecule has 4 aliphatic heterocycles. The smallest absolute Gasteiger partial charge is 0.383 e. The number of allylic oxidation sites excluding steroid dienone is 4. The zero-order valence-electron chi connectivity index (χ0n) is 44.2. The van der Waals surface area contributed by atoms with Crippen molar-refractivity contribution in [3.63, 3.8) is 0 Å². The van der Waals surface area contributed by atoms with Gasteiger partial charge in [0.2, 0.25) is 5.83 Å². The van der Waals surface area contributed by atoms with Gasteiger partial charge in [0.05, 0.1) is 91.6 Å². The molecule has 0 spiro atoms. The minimum Gasteiger partial charge on any atom is -0.469 e. The molecule has 0 aromatic heterocycles. The molecule has 0 radical (unpaired) electrons. The maximum atomic E-state index is 11.5. The van der Waals surface area contributed by atoms with Crippen LogP contribution in [0.15, 0.2) is 48.9 Å². The van der Waals surface area contributed by atoms with Crippen molar-refractivity contribution < 1.29 is 80.5 Å². The summed E-state index contributed by atoms with van der Waals surface area (Å²) in [5, 5.41) is 0. The van der Waals surface area contributed by atoms with E-state index in [1.165, 1.54) is 53.4 Å². The van der Waals surface area contributed by atoms with E-state index in [0.29, 0.717) is 58.7 Å². The van der Waals surface area contributed by atoms with Crippen LogP contribution in [0, 0.1) is 64.1 Å². The molecule has 4 saturated heterocycles. The van der Waals surface area contributed by atoms with Gasteiger partial charge in [-0.1, -0.05) is 51.3 Å². The van der Waals surface area contributed by atoms with Crippen molar-refractivity contribution in [2.24, 2.45) is 51.8 Å². The molecule has 17 heteroatoms. The molecule has 3 saturated carbocycles. The second-order valence-electron chi connectivity index (χ2n) is 19.9. The van der Waals surface area contributed by atoms with Crippen LogP contribution in [0.3, 0.4) is 0 Å². The number of hydrogen-bond donors (Lipinski definition) is 0. The van der Waals surface area contributed by atoms with Crippen molar-refractivity contribution in [1.29, 1.82) is 0 Å². The highest BCUT2D eigenvalue weighted by molar-refractivity contribution is 5.89. The summed E-state index contributed by atoms with van der Waals surface area (Å²) in [6, 6.07) is 0. The van der Waals surface area contributed by atoms with Crippen LogP contribution < -0.4 is 0 Å². The van der Waals surface area contributed by atoms with Gasteiger partial charge in [0.25, 0.3) is 0 Å². The third-order valence-corrected chi connectivity index (χ3v) is 13.9. The highest BCUT2D eigenvalue weighted by Crippen LogP contribution is 2.52. The highest BCUT2D eigenvalue weighted by atomic mass is 19.1. The van der Waals surface area contributed by atoms with E-state index in [1.54, 1.807) is 27.2 Å². The summed E-state index contributed by atoms with van der Waals surface area (Å²) in [5.41, 5.74) is 1.06. The third kappa shape index (κ3) is 20.5. The molecule has 4 heterocycles. The van der Waals surface area contributed by atoms with Crippen LogP contribution in [-0.2, 0) is 76.1 Å². The molecule has 0 aromatic carbocycles. The van der Waals surface area contributed by atoms with Crippen LogP contribution in [0.4, 0.5) is 4.39 Å². The molecule has 9 rings (SSSR count). The first-order chi connectivity index (χ1) is 33.7. The average Bonchev–Trinajstić information content (AvgIpc) is 3.85. The zero-order valence-corrected chi connectivity index (χ0v) is 44.2. The van der Waals surface area contributed by atoms with Gasteiger partial charge in [0.15, 0.2) is 0 Å². The Bertz CT molecular complexity index is 1810. The van der Waals surface area contributed by atoms with E-state index < -0.39 is 17.8 Å². The van der Waals surface area contributed by atoms with Crippen molar-refractivity contribution in [3.05, 3.63) is 48.9 Å². The minimum absolute atomic E-state index is 0.0261. The quantitative estimate of drug-likeness (QED) is 0.0401. The Labute approximate surface area is 422 Å². The van der Waals surface area contributed by atoms with E-state index in [0.717, 1.165) is 78.5 Å². The molecule has 10 atom stereocenters. The number of epoxide rings is 1. The fraction of sp³-hybridized carbons (Fsp3) is 0.722. The topological polar surface area (TPSA) is 190 Å². The SMILES string of the molecule is C#CC(=O)OC.C=C(F)C(=O)OC.C=C1CC(C)OC1=O.CCC1(COC)COC1.COC(=O)C1(C)CC2C=CC1C2.COC(=O)C1CC2C=CC1C2.COCC1(C)COC1.COCC1CCC2OC2C1. The predicted octanol–water partition coefficient (Wildman–Crippen LogP) is 7.38. The lowest BCUT2D eigenvalue weighted by Crippen LogP contribution is -2.45. The summed E-state index contributed by atoms with van der Waals surface area (Å²) in [6.07, 6.45) is 24.6. The molecule has 4 bridgehead atoms. The van der Waals surface area contributed by atoms with E-state index >= 15 is 0 Å². The first-order valence-electron chi connectivity index (χ1n) is 24.3. The number of fused-ring (bicyclic) bond motifs is 5. The number of terminal acetylenes is 1. The highest BCUT2D eigenvalue weighted by Gasteiger charge is 2.51. The van der Waals surface area contributed by atoms with Gasteiger partial charge in [-0.05, 0) is 94.8 Å². The molecule has 5 aliphatic carbocycles. The van der Waals surface area contributed by atoms with Gasteiger partial charge < -0.3 is 52.1 Å². The number of carbonyl (C=O) groups is 5. The molecule has 10 unspecified atom stereocenters. The summed E-state index contributed by atoms with van der Waals surface area (Å²) in [4.78, 5) is 52.6. The lowest BCUT2D eigenvalue weighted by atomic mass is 9.78.